The van der Waals surface area contributed by atoms with Crippen LogP contribution in [0.25, 0.3) is 0 Å². The molecule has 0 saturated carbocycles. The molecule has 1 heterocycles. The summed E-state index contributed by atoms with van der Waals surface area (Å²) >= 11 is 0. The second-order valence-electron chi connectivity index (χ2n) is 5.40. The number of rotatable bonds is 6. The van der Waals surface area contributed by atoms with Gasteiger partial charge < -0.3 is 9.84 Å². The van der Waals surface area contributed by atoms with Crippen LogP contribution in [0.3, 0.4) is 0 Å². The number of aliphatic hydroxyl groups is 1. The van der Waals surface area contributed by atoms with Gasteiger partial charge in [-0.05, 0) is 32.3 Å². The smallest absolute Gasteiger partial charge is 0.0987 e. The molecule has 0 radical (unpaired) electrons. The molecule has 0 aliphatic carbocycles. The van der Waals surface area contributed by atoms with Crippen LogP contribution >= 0.6 is 0 Å². The van der Waals surface area contributed by atoms with Crippen LogP contribution in [0.1, 0.15) is 65.7 Å². The summed E-state index contributed by atoms with van der Waals surface area (Å²) in [6, 6.07) is 0. The van der Waals surface area contributed by atoms with Crippen LogP contribution in [-0.4, -0.2) is 23.9 Å². The Kier molecular flexibility index (Phi) is 6.83. The maximum absolute atomic E-state index is 9.82. The fourth-order valence-corrected chi connectivity index (χ4v) is 2.47. The van der Waals surface area contributed by atoms with E-state index in [1.165, 1.54) is 43.3 Å². The second-order valence-corrected chi connectivity index (χ2v) is 5.40. The van der Waals surface area contributed by atoms with E-state index in [-0.39, 0.29) is 6.10 Å². The van der Waals surface area contributed by atoms with Gasteiger partial charge in [0.15, 0.2) is 0 Å². The Morgan fingerprint density at radius 2 is 1.94 bits per heavy atom. The van der Waals surface area contributed by atoms with E-state index in [0.717, 1.165) is 12.8 Å². The number of hydrogen-bond donors (Lipinski definition) is 1. The third-order valence-corrected chi connectivity index (χ3v) is 3.61. The standard InChI is InChI=1S/C15H28O2/c1-4-5-6-7-8-9-13-10-14(12(2)3)15(16)11-17-13/h13,15-16H,4-11H2,1-3H3/t13-,15+/m0/s1. The Hall–Kier alpha value is -0.340. The van der Waals surface area contributed by atoms with Crippen molar-refractivity contribution in [1.82, 2.24) is 0 Å². The van der Waals surface area contributed by atoms with Gasteiger partial charge in [-0.2, -0.15) is 0 Å². The van der Waals surface area contributed by atoms with Crippen LogP contribution in [0.5, 0.6) is 0 Å². The van der Waals surface area contributed by atoms with Crippen LogP contribution in [0.2, 0.25) is 0 Å². The molecular formula is C15H28O2. The molecule has 0 bridgehead atoms. The van der Waals surface area contributed by atoms with E-state index < -0.39 is 0 Å². The second kappa shape index (κ2) is 7.88. The third-order valence-electron chi connectivity index (χ3n) is 3.61. The molecule has 1 aliphatic rings. The average molecular weight is 240 g/mol. The lowest BCUT2D eigenvalue weighted by Crippen LogP contribution is -2.32. The molecule has 2 atom stereocenters. The number of ether oxygens (including phenoxy) is 1. The lowest BCUT2D eigenvalue weighted by molar-refractivity contribution is -0.0307. The molecule has 1 N–H and O–H groups in total. The highest BCUT2D eigenvalue weighted by atomic mass is 16.5. The molecule has 0 aromatic rings. The van der Waals surface area contributed by atoms with Crippen molar-refractivity contribution in [3.8, 4) is 0 Å². The fraction of sp³-hybridized carbons (Fsp3) is 0.867. The first-order chi connectivity index (χ1) is 8.15. The maximum atomic E-state index is 9.82. The van der Waals surface area contributed by atoms with Gasteiger partial charge in [-0.3, -0.25) is 0 Å². The molecule has 0 aromatic carbocycles. The Morgan fingerprint density at radius 3 is 2.59 bits per heavy atom. The van der Waals surface area contributed by atoms with E-state index in [1.54, 1.807) is 0 Å². The first-order valence-electron chi connectivity index (χ1n) is 7.11. The lowest BCUT2D eigenvalue weighted by Gasteiger charge is -2.30. The number of hydrogen-bond acceptors (Lipinski definition) is 2. The van der Waals surface area contributed by atoms with E-state index in [9.17, 15) is 5.11 Å². The Labute approximate surface area is 106 Å². The van der Waals surface area contributed by atoms with Crippen molar-refractivity contribution in [2.75, 3.05) is 6.61 Å². The van der Waals surface area contributed by atoms with Crippen molar-refractivity contribution >= 4 is 0 Å². The highest BCUT2D eigenvalue weighted by molar-refractivity contribution is 5.17. The number of aliphatic hydroxyl groups excluding tert-OH is 1. The maximum Gasteiger partial charge on any atom is 0.0987 e. The Balaban J connectivity index is 2.25. The predicted octanol–water partition coefficient (Wildman–Crippen LogP) is 3.83. The van der Waals surface area contributed by atoms with Gasteiger partial charge in [-0.15, -0.1) is 0 Å². The lowest BCUT2D eigenvalue weighted by atomic mass is 9.93. The number of unbranched alkanes of at least 4 members (excludes halogenated alkanes) is 4. The molecule has 2 heteroatoms. The summed E-state index contributed by atoms with van der Waals surface area (Å²) in [5, 5.41) is 9.82. The molecule has 1 fully saturated rings. The van der Waals surface area contributed by atoms with Gasteiger partial charge in [-0.25, -0.2) is 0 Å². The van der Waals surface area contributed by atoms with Crippen molar-refractivity contribution in [1.29, 1.82) is 0 Å². The first kappa shape index (κ1) is 14.7. The summed E-state index contributed by atoms with van der Waals surface area (Å²) in [4.78, 5) is 0. The van der Waals surface area contributed by atoms with Gasteiger partial charge in [0.1, 0.15) is 0 Å². The SMILES string of the molecule is CCCCCCC[C@H]1CC(=C(C)C)[C@H](O)CO1. The summed E-state index contributed by atoms with van der Waals surface area (Å²) in [6.07, 6.45) is 8.63. The van der Waals surface area contributed by atoms with E-state index in [0.29, 0.717) is 12.7 Å². The van der Waals surface area contributed by atoms with Crippen molar-refractivity contribution in [3.63, 3.8) is 0 Å². The van der Waals surface area contributed by atoms with Gasteiger partial charge in [0, 0.05) is 0 Å². The third kappa shape index (κ3) is 5.22. The molecule has 2 nitrogen and oxygen atoms in total. The van der Waals surface area contributed by atoms with Gasteiger partial charge in [-0.1, -0.05) is 44.6 Å². The van der Waals surface area contributed by atoms with Gasteiger partial charge in [0.05, 0.1) is 18.8 Å². The van der Waals surface area contributed by atoms with Crippen molar-refractivity contribution < 1.29 is 9.84 Å². The summed E-state index contributed by atoms with van der Waals surface area (Å²) < 4.78 is 5.69. The topological polar surface area (TPSA) is 29.5 Å². The minimum atomic E-state index is -0.364. The summed E-state index contributed by atoms with van der Waals surface area (Å²) in [5.41, 5.74) is 2.46. The molecule has 0 spiro atoms. The molecule has 1 aliphatic heterocycles. The predicted molar refractivity (Wildman–Crippen MR) is 72.1 cm³/mol. The van der Waals surface area contributed by atoms with E-state index in [4.69, 9.17) is 4.74 Å². The molecule has 0 amide bonds. The molecule has 17 heavy (non-hydrogen) atoms. The highest BCUT2D eigenvalue weighted by Gasteiger charge is 2.24. The Morgan fingerprint density at radius 1 is 1.24 bits per heavy atom. The van der Waals surface area contributed by atoms with Gasteiger partial charge >= 0.3 is 0 Å². The summed E-state index contributed by atoms with van der Waals surface area (Å²) in [7, 11) is 0. The van der Waals surface area contributed by atoms with Crippen LogP contribution in [0, 0.1) is 0 Å². The van der Waals surface area contributed by atoms with Gasteiger partial charge in [0.2, 0.25) is 0 Å². The van der Waals surface area contributed by atoms with Crippen LogP contribution in [-0.2, 0) is 4.74 Å². The molecule has 1 saturated heterocycles. The normalized spacial score (nSPS) is 25.1. The molecule has 1 rings (SSSR count). The van der Waals surface area contributed by atoms with Crippen LogP contribution in [0.4, 0.5) is 0 Å². The largest absolute Gasteiger partial charge is 0.386 e. The molecule has 0 unspecified atom stereocenters. The zero-order valence-electron chi connectivity index (χ0n) is 11.7. The average Bonchev–Trinajstić information content (AvgIpc) is 2.30. The van der Waals surface area contributed by atoms with Gasteiger partial charge in [0.25, 0.3) is 0 Å². The molecule has 0 aromatic heterocycles. The fourth-order valence-electron chi connectivity index (χ4n) is 2.47. The summed E-state index contributed by atoms with van der Waals surface area (Å²) in [5.74, 6) is 0. The highest BCUT2D eigenvalue weighted by Crippen LogP contribution is 2.26. The van der Waals surface area contributed by atoms with Crippen molar-refractivity contribution in [3.05, 3.63) is 11.1 Å². The first-order valence-corrected chi connectivity index (χ1v) is 7.11. The van der Waals surface area contributed by atoms with Crippen molar-refractivity contribution in [2.24, 2.45) is 0 Å². The van der Waals surface area contributed by atoms with E-state index >= 15 is 0 Å². The molecule has 100 valence electrons. The summed E-state index contributed by atoms with van der Waals surface area (Å²) in [6.45, 7) is 6.90. The van der Waals surface area contributed by atoms with E-state index in [2.05, 4.69) is 20.8 Å². The zero-order chi connectivity index (χ0) is 12.7. The quantitative estimate of drug-likeness (QED) is 0.564. The number of allylic oxidation sites excluding steroid dienone is 1. The van der Waals surface area contributed by atoms with Crippen molar-refractivity contribution in [2.45, 2.75) is 77.9 Å². The van der Waals surface area contributed by atoms with Crippen LogP contribution in [0.15, 0.2) is 11.1 Å². The Bertz CT molecular complexity index is 241. The molecular weight excluding hydrogens is 212 g/mol. The minimum absolute atomic E-state index is 0.338. The van der Waals surface area contributed by atoms with Crippen LogP contribution < -0.4 is 0 Å². The van der Waals surface area contributed by atoms with E-state index in [1.807, 2.05) is 0 Å². The monoisotopic (exact) mass is 240 g/mol. The minimum Gasteiger partial charge on any atom is -0.386 e. The zero-order valence-corrected chi connectivity index (χ0v) is 11.7.